The van der Waals surface area contributed by atoms with E-state index in [4.69, 9.17) is 5.73 Å². The van der Waals surface area contributed by atoms with Crippen LogP contribution in [-0.2, 0) is 6.42 Å². The summed E-state index contributed by atoms with van der Waals surface area (Å²) in [4.78, 5) is 4.55. The Morgan fingerprint density at radius 3 is 3.06 bits per heavy atom. The van der Waals surface area contributed by atoms with Gasteiger partial charge in [0.2, 0.25) is 0 Å². The summed E-state index contributed by atoms with van der Waals surface area (Å²) in [5.74, 6) is 0. The summed E-state index contributed by atoms with van der Waals surface area (Å²) in [6.45, 7) is 1.93. The molecular weight excluding hydrogens is 222 g/mol. The van der Waals surface area contributed by atoms with E-state index < -0.39 is 0 Å². The molecule has 3 heteroatoms. The molecule has 0 bridgehead atoms. The van der Waals surface area contributed by atoms with Gasteiger partial charge in [-0.25, -0.2) is 0 Å². The second-order valence-corrected chi connectivity index (χ2v) is 5.15. The minimum atomic E-state index is 0.476. The zero-order valence-electron chi connectivity index (χ0n) is 11.2. The number of pyridine rings is 1. The smallest absolute Gasteiger partial charge is 0.0605 e. The van der Waals surface area contributed by atoms with Crippen molar-refractivity contribution in [1.29, 1.82) is 0 Å². The molecule has 2 rings (SSSR count). The molecule has 0 aromatic carbocycles. The molecule has 0 radical (unpaired) electrons. The molecule has 3 nitrogen and oxygen atoms in total. The van der Waals surface area contributed by atoms with Gasteiger partial charge in [-0.2, -0.15) is 0 Å². The third-order valence-electron chi connectivity index (χ3n) is 3.72. The Kier molecular flexibility index (Phi) is 5.62. The average Bonchev–Trinajstić information content (AvgIpc) is 2.43. The Morgan fingerprint density at radius 1 is 1.28 bits per heavy atom. The van der Waals surface area contributed by atoms with Crippen LogP contribution in [0.1, 0.15) is 55.8 Å². The highest BCUT2D eigenvalue weighted by atomic mass is 14.9. The van der Waals surface area contributed by atoms with E-state index in [9.17, 15) is 0 Å². The molecule has 0 saturated carbocycles. The largest absolute Gasteiger partial charge is 0.330 e. The SMILES string of the molecule is NCCCCCCNC1CCCc2cccnc21. The first kappa shape index (κ1) is 13.5. The van der Waals surface area contributed by atoms with Gasteiger partial charge in [0.15, 0.2) is 0 Å². The molecule has 1 heterocycles. The minimum Gasteiger partial charge on any atom is -0.330 e. The van der Waals surface area contributed by atoms with Crippen LogP contribution >= 0.6 is 0 Å². The van der Waals surface area contributed by atoms with E-state index >= 15 is 0 Å². The Bertz CT molecular complexity index is 351. The molecule has 3 N–H and O–H groups in total. The van der Waals surface area contributed by atoms with E-state index in [0.717, 1.165) is 19.5 Å². The molecule has 1 aliphatic carbocycles. The molecule has 1 aromatic heterocycles. The number of aromatic nitrogens is 1. The summed E-state index contributed by atoms with van der Waals surface area (Å²) in [5.41, 5.74) is 8.21. The number of nitrogens with two attached hydrogens (primary N) is 1. The van der Waals surface area contributed by atoms with Crippen LogP contribution in [0.15, 0.2) is 18.3 Å². The number of rotatable bonds is 7. The first-order valence-corrected chi connectivity index (χ1v) is 7.29. The van der Waals surface area contributed by atoms with Gasteiger partial charge in [-0.3, -0.25) is 4.98 Å². The highest BCUT2D eigenvalue weighted by Gasteiger charge is 2.19. The maximum Gasteiger partial charge on any atom is 0.0605 e. The second kappa shape index (κ2) is 7.49. The number of hydrogen-bond acceptors (Lipinski definition) is 3. The molecule has 1 aromatic rings. The van der Waals surface area contributed by atoms with Gasteiger partial charge in [0.25, 0.3) is 0 Å². The monoisotopic (exact) mass is 247 g/mol. The summed E-state index contributed by atoms with van der Waals surface area (Å²) < 4.78 is 0. The highest BCUT2D eigenvalue weighted by molar-refractivity contribution is 5.25. The van der Waals surface area contributed by atoms with Crippen molar-refractivity contribution < 1.29 is 0 Å². The van der Waals surface area contributed by atoms with Crippen molar-refractivity contribution in [3.8, 4) is 0 Å². The number of unbranched alkanes of at least 4 members (excludes halogenated alkanes) is 3. The van der Waals surface area contributed by atoms with Crippen molar-refractivity contribution >= 4 is 0 Å². The lowest BCUT2D eigenvalue weighted by molar-refractivity contribution is 0.439. The number of aryl methyl sites for hydroxylation is 1. The number of nitrogens with zero attached hydrogens (tertiary/aromatic N) is 1. The summed E-state index contributed by atoms with van der Waals surface area (Å²) >= 11 is 0. The van der Waals surface area contributed by atoms with Crippen LogP contribution in [0.3, 0.4) is 0 Å². The summed E-state index contributed by atoms with van der Waals surface area (Å²) in [5, 5.41) is 3.66. The van der Waals surface area contributed by atoms with Crippen LogP contribution in [0.4, 0.5) is 0 Å². The Balaban J connectivity index is 1.74. The predicted octanol–water partition coefficient (Wildman–Crippen LogP) is 2.57. The topological polar surface area (TPSA) is 50.9 Å². The third kappa shape index (κ3) is 3.79. The van der Waals surface area contributed by atoms with Crippen LogP contribution in [0.25, 0.3) is 0 Å². The Morgan fingerprint density at radius 2 is 2.17 bits per heavy atom. The number of nitrogens with one attached hydrogen (secondary N) is 1. The van der Waals surface area contributed by atoms with Gasteiger partial charge < -0.3 is 11.1 Å². The maximum absolute atomic E-state index is 5.49. The Hall–Kier alpha value is -0.930. The minimum absolute atomic E-state index is 0.476. The molecular formula is C15H25N3. The number of fused-ring (bicyclic) bond motifs is 1. The quantitative estimate of drug-likeness (QED) is 0.728. The standard InChI is InChI=1S/C15H25N3/c16-10-3-1-2-4-11-17-14-9-5-7-13-8-6-12-18-15(13)14/h6,8,12,14,17H,1-5,7,9-11,16H2. The van der Waals surface area contributed by atoms with E-state index in [1.54, 1.807) is 0 Å². The van der Waals surface area contributed by atoms with Gasteiger partial charge in [0.1, 0.15) is 0 Å². The summed E-state index contributed by atoms with van der Waals surface area (Å²) in [6, 6.07) is 4.75. The van der Waals surface area contributed by atoms with Gasteiger partial charge >= 0.3 is 0 Å². The normalized spacial score (nSPS) is 18.6. The van der Waals surface area contributed by atoms with E-state index in [2.05, 4.69) is 16.4 Å². The van der Waals surface area contributed by atoms with Gasteiger partial charge in [-0.15, -0.1) is 0 Å². The van der Waals surface area contributed by atoms with Crippen LogP contribution in [-0.4, -0.2) is 18.1 Å². The van der Waals surface area contributed by atoms with Crippen LogP contribution < -0.4 is 11.1 Å². The summed E-state index contributed by atoms with van der Waals surface area (Å²) in [6.07, 6.45) is 10.6. The fourth-order valence-corrected chi connectivity index (χ4v) is 2.71. The molecule has 0 spiro atoms. The van der Waals surface area contributed by atoms with Gasteiger partial charge in [-0.05, 0) is 56.8 Å². The number of hydrogen-bond donors (Lipinski definition) is 2. The first-order chi connectivity index (χ1) is 8.92. The summed E-state index contributed by atoms with van der Waals surface area (Å²) in [7, 11) is 0. The fourth-order valence-electron chi connectivity index (χ4n) is 2.71. The Labute approximate surface area is 110 Å². The highest BCUT2D eigenvalue weighted by Crippen LogP contribution is 2.27. The van der Waals surface area contributed by atoms with Crippen LogP contribution in [0, 0.1) is 0 Å². The van der Waals surface area contributed by atoms with Crippen molar-refractivity contribution in [3.05, 3.63) is 29.6 Å². The zero-order chi connectivity index (χ0) is 12.6. The van der Waals surface area contributed by atoms with Crippen molar-refractivity contribution in [2.45, 2.75) is 51.0 Å². The van der Waals surface area contributed by atoms with E-state index in [-0.39, 0.29) is 0 Å². The van der Waals surface area contributed by atoms with Crippen molar-refractivity contribution in [2.24, 2.45) is 5.73 Å². The maximum atomic E-state index is 5.49. The van der Waals surface area contributed by atoms with Crippen molar-refractivity contribution in [2.75, 3.05) is 13.1 Å². The molecule has 18 heavy (non-hydrogen) atoms. The molecule has 0 fully saturated rings. The van der Waals surface area contributed by atoms with E-state index in [1.165, 1.54) is 49.8 Å². The van der Waals surface area contributed by atoms with Crippen molar-refractivity contribution in [3.63, 3.8) is 0 Å². The van der Waals surface area contributed by atoms with E-state index in [1.807, 2.05) is 12.3 Å². The first-order valence-electron chi connectivity index (χ1n) is 7.29. The van der Waals surface area contributed by atoms with Crippen LogP contribution in [0.2, 0.25) is 0 Å². The van der Waals surface area contributed by atoms with Crippen molar-refractivity contribution in [1.82, 2.24) is 10.3 Å². The molecule has 1 unspecified atom stereocenters. The lowest BCUT2D eigenvalue weighted by atomic mass is 9.92. The zero-order valence-corrected chi connectivity index (χ0v) is 11.2. The van der Waals surface area contributed by atoms with Crippen LogP contribution in [0.5, 0.6) is 0 Å². The van der Waals surface area contributed by atoms with Gasteiger partial charge in [0, 0.05) is 12.2 Å². The van der Waals surface area contributed by atoms with E-state index in [0.29, 0.717) is 6.04 Å². The third-order valence-corrected chi connectivity index (χ3v) is 3.72. The fraction of sp³-hybridized carbons (Fsp3) is 0.667. The molecule has 100 valence electrons. The molecule has 0 saturated heterocycles. The predicted molar refractivity (Wildman–Crippen MR) is 75.4 cm³/mol. The molecule has 1 atom stereocenters. The molecule has 0 amide bonds. The lowest BCUT2D eigenvalue weighted by Gasteiger charge is -2.25. The second-order valence-electron chi connectivity index (χ2n) is 5.15. The molecule has 0 aliphatic heterocycles. The van der Waals surface area contributed by atoms with Gasteiger partial charge in [-0.1, -0.05) is 18.9 Å². The van der Waals surface area contributed by atoms with Gasteiger partial charge in [0.05, 0.1) is 5.69 Å². The molecule has 1 aliphatic rings. The average molecular weight is 247 g/mol. The lowest BCUT2D eigenvalue weighted by Crippen LogP contribution is -2.27.